The van der Waals surface area contributed by atoms with E-state index in [0.717, 1.165) is 28.1 Å². The van der Waals surface area contributed by atoms with Crippen molar-refractivity contribution < 1.29 is 4.74 Å². The number of nitrogens with zero attached hydrogens (tertiary/aromatic N) is 1. The molecular weight excluding hydrogens is 232 g/mol. The Morgan fingerprint density at radius 2 is 2.24 bits per heavy atom. The molecule has 0 atom stereocenters. The first-order chi connectivity index (χ1) is 8.13. The summed E-state index contributed by atoms with van der Waals surface area (Å²) < 4.78 is 8.33. The van der Waals surface area contributed by atoms with E-state index in [1.54, 1.807) is 7.11 Å². The molecule has 90 valence electrons. The topological polar surface area (TPSA) is 29.9 Å². The van der Waals surface area contributed by atoms with E-state index < -0.39 is 0 Å². The molecule has 1 aromatic heterocycles. The fourth-order valence-electron chi connectivity index (χ4n) is 2.23. The Kier molecular flexibility index (Phi) is 2.30. The maximum Gasteiger partial charge on any atom is 0.178 e. The maximum absolute atomic E-state index is 5.41. The lowest BCUT2D eigenvalue weighted by Gasteiger charge is -2.10. The number of nitrogens with one attached hydrogen (secondary N) is 1. The molecule has 0 aliphatic heterocycles. The van der Waals surface area contributed by atoms with Crippen LogP contribution >= 0.6 is 12.2 Å². The minimum Gasteiger partial charge on any atom is -0.494 e. The molecule has 0 bridgehead atoms. The van der Waals surface area contributed by atoms with Gasteiger partial charge in [0, 0.05) is 6.54 Å². The highest BCUT2D eigenvalue weighted by Gasteiger charge is 2.38. The van der Waals surface area contributed by atoms with Crippen LogP contribution in [0.4, 0.5) is 0 Å². The zero-order valence-electron chi connectivity index (χ0n) is 10.1. The van der Waals surface area contributed by atoms with Gasteiger partial charge in [-0.1, -0.05) is 13.0 Å². The number of hydrogen-bond donors (Lipinski definition) is 1. The number of rotatable bonds is 3. The van der Waals surface area contributed by atoms with E-state index in [1.807, 2.05) is 12.1 Å². The van der Waals surface area contributed by atoms with Gasteiger partial charge in [0.25, 0.3) is 0 Å². The molecule has 3 nitrogen and oxygen atoms in total. The summed E-state index contributed by atoms with van der Waals surface area (Å²) in [6, 6.07) is 6.06. The summed E-state index contributed by atoms with van der Waals surface area (Å²) in [6.07, 6.45) is 2.59. The van der Waals surface area contributed by atoms with Crippen LogP contribution in [0.15, 0.2) is 18.2 Å². The van der Waals surface area contributed by atoms with Crippen LogP contribution in [0.5, 0.6) is 5.75 Å². The average molecular weight is 248 g/mol. The Morgan fingerprint density at radius 3 is 2.88 bits per heavy atom. The third-order valence-corrected chi connectivity index (χ3v) is 3.96. The van der Waals surface area contributed by atoms with Crippen molar-refractivity contribution >= 4 is 23.3 Å². The Hall–Kier alpha value is -1.29. The molecule has 1 heterocycles. The minimum absolute atomic E-state index is 0.441. The Balaban J connectivity index is 2.17. The van der Waals surface area contributed by atoms with Crippen molar-refractivity contribution in [2.75, 3.05) is 7.11 Å². The molecule has 0 spiro atoms. The van der Waals surface area contributed by atoms with Gasteiger partial charge in [0.05, 0.1) is 12.6 Å². The first-order valence-corrected chi connectivity index (χ1v) is 6.29. The molecule has 0 unspecified atom stereocenters. The van der Waals surface area contributed by atoms with Gasteiger partial charge in [-0.3, -0.25) is 0 Å². The Bertz CT molecular complexity index is 622. The number of H-pyrrole nitrogens is 1. The summed E-state index contributed by atoms with van der Waals surface area (Å²) in [5.41, 5.74) is 2.59. The third-order valence-electron chi connectivity index (χ3n) is 3.64. The summed E-state index contributed by atoms with van der Waals surface area (Å²) in [5, 5.41) is 0. The molecule has 1 N–H and O–H groups in total. The molecule has 1 aromatic carbocycles. The number of aromatic amines is 1. The Labute approximate surface area is 105 Å². The summed E-state index contributed by atoms with van der Waals surface area (Å²) in [6.45, 7) is 3.31. The highest BCUT2D eigenvalue weighted by Crippen LogP contribution is 2.47. The number of hydrogen-bond acceptors (Lipinski definition) is 2. The van der Waals surface area contributed by atoms with Gasteiger partial charge in [-0.15, -0.1) is 0 Å². The number of methoxy groups -OCH3 is 1. The zero-order valence-corrected chi connectivity index (χ0v) is 10.9. The molecule has 0 amide bonds. The van der Waals surface area contributed by atoms with Crippen LogP contribution in [0, 0.1) is 10.2 Å². The zero-order chi connectivity index (χ0) is 12.0. The fraction of sp³-hybridized carbons (Fsp3) is 0.462. The van der Waals surface area contributed by atoms with Crippen LogP contribution in [0.1, 0.15) is 19.8 Å². The van der Waals surface area contributed by atoms with Gasteiger partial charge in [0.15, 0.2) is 4.77 Å². The number of ether oxygens (including phenoxy) is 1. The van der Waals surface area contributed by atoms with Gasteiger partial charge < -0.3 is 14.3 Å². The monoisotopic (exact) mass is 248 g/mol. The van der Waals surface area contributed by atoms with Crippen molar-refractivity contribution in [3.63, 3.8) is 0 Å². The predicted molar refractivity (Wildman–Crippen MR) is 71.0 cm³/mol. The molecule has 4 heteroatoms. The summed E-state index contributed by atoms with van der Waals surface area (Å²) in [7, 11) is 1.69. The predicted octanol–water partition coefficient (Wildman–Crippen LogP) is 3.51. The van der Waals surface area contributed by atoms with Crippen LogP contribution < -0.4 is 4.74 Å². The maximum atomic E-state index is 5.41. The summed E-state index contributed by atoms with van der Waals surface area (Å²) in [4.78, 5) is 3.25. The van der Waals surface area contributed by atoms with Crippen LogP contribution in [0.2, 0.25) is 0 Å². The molecule has 1 fully saturated rings. The minimum atomic E-state index is 0.441. The lowest BCUT2D eigenvalue weighted by atomic mass is 10.1. The number of aromatic nitrogens is 2. The number of imidazole rings is 1. The quantitative estimate of drug-likeness (QED) is 0.842. The van der Waals surface area contributed by atoms with Crippen LogP contribution in [-0.4, -0.2) is 16.7 Å². The van der Waals surface area contributed by atoms with E-state index in [4.69, 9.17) is 17.0 Å². The normalized spacial score (nSPS) is 17.3. The van der Waals surface area contributed by atoms with E-state index >= 15 is 0 Å². The van der Waals surface area contributed by atoms with Crippen molar-refractivity contribution in [2.24, 2.45) is 5.41 Å². The molecule has 1 aliphatic carbocycles. The molecule has 1 saturated carbocycles. The van der Waals surface area contributed by atoms with E-state index in [0.29, 0.717) is 5.41 Å². The van der Waals surface area contributed by atoms with E-state index in [1.165, 1.54) is 12.8 Å². The van der Waals surface area contributed by atoms with Crippen molar-refractivity contribution in [3.8, 4) is 5.75 Å². The van der Waals surface area contributed by atoms with Gasteiger partial charge in [-0.05, 0) is 42.6 Å². The highest BCUT2D eigenvalue weighted by atomic mass is 32.1. The molecule has 3 rings (SSSR count). The second-order valence-electron chi connectivity index (χ2n) is 5.18. The lowest BCUT2D eigenvalue weighted by Crippen LogP contribution is -2.07. The largest absolute Gasteiger partial charge is 0.494 e. The molecule has 1 aliphatic rings. The van der Waals surface area contributed by atoms with Crippen LogP contribution in [0.3, 0.4) is 0 Å². The highest BCUT2D eigenvalue weighted by molar-refractivity contribution is 7.71. The first kappa shape index (κ1) is 10.8. The number of benzene rings is 1. The van der Waals surface area contributed by atoms with Crippen LogP contribution in [-0.2, 0) is 6.54 Å². The third kappa shape index (κ3) is 1.76. The van der Waals surface area contributed by atoms with Crippen molar-refractivity contribution in [3.05, 3.63) is 23.0 Å². The molecule has 17 heavy (non-hydrogen) atoms. The van der Waals surface area contributed by atoms with Gasteiger partial charge in [0.1, 0.15) is 11.3 Å². The lowest BCUT2D eigenvalue weighted by molar-refractivity contribution is 0.419. The molecule has 0 saturated heterocycles. The van der Waals surface area contributed by atoms with E-state index in [9.17, 15) is 0 Å². The van der Waals surface area contributed by atoms with Gasteiger partial charge in [0.2, 0.25) is 0 Å². The number of fused-ring (bicyclic) bond motifs is 1. The second-order valence-corrected chi connectivity index (χ2v) is 5.57. The van der Waals surface area contributed by atoms with E-state index in [-0.39, 0.29) is 0 Å². The van der Waals surface area contributed by atoms with Gasteiger partial charge in [-0.2, -0.15) is 0 Å². The summed E-state index contributed by atoms with van der Waals surface area (Å²) >= 11 is 5.41. The first-order valence-electron chi connectivity index (χ1n) is 5.88. The smallest absolute Gasteiger partial charge is 0.178 e. The standard InChI is InChI=1S/C13H16N2OS/c1-13(6-7-13)8-15-9-4-3-5-10(16-2)11(9)14-12(15)17/h3-5H,6-8H2,1-2H3,(H,14,17). The van der Waals surface area contributed by atoms with Crippen molar-refractivity contribution in [1.82, 2.24) is 9.55 Å². The van der Waals surface area contributed by atoms with Crippen LogP contribution in [0.25, 0.3) is 11.0 Å². The fourth-order valence-corrected chi connectivity index (χ4v) is 2.50. The van der Waals surface area contributed by atoms with Gasteiger partial charge in [-0.25, -0.2) is 0 Å². The summed E-state index contributed by atoms with van der Waals surface area (Å²) in [5.74, 6) is 0.855. The average Bonchev–Trinajstić information content (AvgIpc) is 2.96. The second kappa shape index (κ2) is 3.60. The van der Waals surface area contributed by atoms with Gasteiger partial charge >= 0.3 is 0 Å². The SMILES string of the molecule is COc1cccc2c1[nH]c(=S)n2CC1(C)CC1. The molecule has 0 radical (unpaired) electrons. The number of para-hydroxylation sites is 1. The van der Waals surface area contributed by atoms with Crippen molar-refractivity contribution in [1.29, 1.82) is 0 Å². The Morgan fingerprint density at radius 1 is 1.47 bits per heavy atom. The van der Waals surface area contributed by atoms with E-state index in [2.05, 4.69) is 22.5 Å². The molecular formula is C13H16N2OS. The molecule has 2 aromatic rings. The van der Waals surface area contributed by atoms with Crippen molar-refractivity contribution in [2.45, 2.75) is 26.3 Å².